The SMILES string of the molecule is COC(=O)c1ccccc1NC(=O)[C@H](C)N(c1cc(OC)ccc1OC)S(C)(=O)=O. The van der Waals surface area contributed by atoms with Gasteiger partial charge in [-0.25, -0.2) is 13.2 Å². The third-order valence-electron chi connectivity index (χ3n) is 4.30. The van der Waals surface area contributed by atoms with E-state index in [0.29, 0.717) is 5.75 Å². The lowest BCUT2D eigenvalue weighted by Crippen LogP contribution is -2.45. The summed E-state index contributed by atoms with van der Waals surface area (Å²) in [6.45, 7) is 1.43. The number of carbonyl (C=O) groups excluding carboxylic acids is 2. The van der Waals surface area contributed by atoms with Gasteiger partial charge in [0.05, 0.1) is 44.5 Å². The van der Waals surface area contributed by atoms with Gasteiger partial charge >= 0.3 is 5.97 Å². The highest BCUT2D eigenvalue weighted by molar-refractivity contribution is 7.92. The minimum atomic E-state index is -3.90. The average Bonchev–Trinajstić information content (AvgIpc) is 2.72. The van der Waals surface area contributed by atoms with Crippen molar-refractivity contribution >= 4 is 33.3 Å². The fourth-order valence-electron chi connectivity index (χ4n) is 2.87. The van der Waals surface area contributed by atoms with E-state index in [1.165, 1.54) is 46.5 Å². The lowest BCUT2D eigenvalue weighted by Gasteiger charge is -2.29. The molecule has 2 aromatic rings. The maximum absolute atomic E-state index is 12.9. The normalized spacial score (nSPS) is 11.9. The first kappa shape index (κ1) is 23.0. The molecule has 162 valence electrons. The molecular weight excluding hydrogens is 412 g/mol. The van der Waals surface area contributed by atoms with Crippen LogP contribution in [0.1, 0.15) is 17.3 Å². The number of esters is 1. The predicted molar refractivity (Wildman–Crippen MR) is 113 cm³/mol. The Morgan fingerprint density at radius 3 is 2.27 bits per heavy atom. The third-order valence-corrected chi connectivity index (χ3v) is 5.53. The summed E-state index contributed by atoms with van der Waals surface area (Å²) in [6.07, 6.45) is 0.984. The van der Waals surface area contributed by atoms with E-state index in [0.717, 1.165) is 10.6 Å². The number of ether oxygens (including phenoxy) is 3. The summed E-state index contributed by atoms with van der Waals surface area (Å²) in [5, 5.41) is 2.60. The van der Waals surface area contributed by atoms with Gasteiger partial charge in [-0.05, 0) is 31.2 Å². The molecule has 1 amide bonds. The minimum Gasteiger partial charge on any atom is -0.497 e. The number of hydrogen-bond acceptors (Lipinski definition) is 7. The molecule has 0 spiro atoms. The molecule has 1 atom stereocenters. The van der Waals surface area contributed by atoms with Crippen LogP contribution in [0, 0.1) is 0 Å². The predicted octanol–water partition coefficient (Wildman–Crippen LogP) is 2.28. The van der Waals surface area contributed by atoms with Crippen molar-refractivity contribution in [1.82, 2.24) is 0 Å². The molecule has 0 fully saturated rings. The second kappa shape index (κ2) is 9.49. The van der Waals surface area contributed by atoms with E-state index in [-0.39, 0.29) is 22.7 Å². The number of carbonyl (C=O) groups is 2. The van der Waals surface area contributed by atoms with Crippen molar-refractivity contribution < 1.29 is 32.2 Å². The van der Waals surface area contributed by atoms with Crippen LogP contribution in [0.3, 0.4) is 0 Å². The Balaban J connectivity index is 2.46. The third kappa shape index (κ3) is 5.01. The van der Waals surface area contributed by atoms with Crippen LogP contribution in [0.4, 0.5) is 11.4 Å². The second-order valence-electron chi connectivity index (χ2n) is 6.30. The fourth-order valence-corrected chi connectivity index (χ4v) is 4.04. The van der Waals surface area contributed by atoms with Gasteiger partial charge in [-0.15, -0.1) is 0 Å². The Labute approximate surface area is 175 Å². The number of para-hydroxylation sites is 1. The molecule has 0 unspecified atom stereocenters. The smallest absolute Gasteiger partial charge is 0.339 e. The van der Waals surface area contributed by atoms with Crippen molar-refractivity contribution in [3.63, 3.8) is 0 Å². The number of rotatable bonds is 8. The van der Waals surface area contributed by atoms with Crippen LogP contribution < -0.4 is 19.1 Å². The molecule has 0 saturated carbocycles. The molecule has 2 aromatic carbocycles. The second-order valence-corrected chi connectivity index (χ2v) is 8.16. The van der Waals surface area contributed by atoms with Crippen molar-refractivity contribution in [2.75, 3.05) is 37.2 Å². The standard InChI is InChI=1S/C20H24N2O7S/c1-13(19(23)21-16-9-7-6-8-15(16)20(24)29-4)22(30(5,25)26)17-12-14(27-2)10-11-18(17)28-3/h6-13H,1-5H3,(H,21,23)/t13-/m0/s1. The Kier molecular flexibility index (Phi) is 7.28. The molecule has 10 heteroatoms. The summed E-state index contributed by atoms with van der Waals surface area (Å²) >= 11 is 0. The van der Waals surface area contributed by atoms with Gasteiger partial charge in [0.1, 0.15) is 17.5 Å². The number of nitrogens with one attached hydrogen (secondary N) is 1. The van der Waals surface area contributed by atoms with Gasteiger partial charge in [0, 0.05) is 6.07 Å². The molecule has 0 aliphatic heterocycles. The van der Waals surface area contributed by atoms with E-state index in [1.54, 1.807) is 24.3 Å². The highest BCUT2D eigenvalue weighted by Gasteiger charge is 2.32. The van der Waals surface area contributed by atoms with E-state index >= 15 is 0 Å². The molecule has 0 aliphatic carbocycles. The maximum atomic E-state index is 12.9. The highest BCUT2D eigenvalue weighted by Crippen LogP contribution is 2.35. The Hall–Kier alpha value is -3.27. The van der Waals surface area contributed by atoms with Gasteiger partial charge < -0.3 is 19.5 Å². The largest absolute Gasteiger partial charge is 0.497 e. The number of benzene rings is 2. The van der Waals surface area contributed by atoms with Crippen LogP contribution in [0.25, 0.3) is 0 Å². The van der Waals surface area contributed by atoms with Crippen LogP contribution in [0.5, 0.6) is 11.5 Å². The molecular formula is C20H24N2O7S. The van der Waals surface area contributed by atoms with E-state index in [1.807, 2.05) is 0 Å². The first-order valence-electron chi connectivity index (χ1n) is 8.83. The number of sulfonamides is 1. The average molecular weight is 436 g/mol. The Morgan fingerprint density at radius 1 is 1.03 bits per heavy atom. The first-order valence-corrected chi connectivity index (χ1v) is 10.7. The molecule has 0 saturated heterocycles. The maximum Gasteiger partial charge on any atom is 0.339 e. The van der Waals surface area contributed by atoms with Gasteiger partial charge in [0.25, 0.3) is 0 Å². The summed E-state index contributed by atoms with van der Waals surface area (Å²) < 4.78 is 41.3. The molecule has 1 N–H and O–H groups in total. The number of methoxy groups -OCH3 is 3. The quantitative estimate of drug-likeness (QED) is 0.632. The number of hydrogen-bond donors (Lipinski definition) is 1. The highest BCUT2D eigenvalue weighted by atomic mass is 32.2. The van der Waals surface area contributed by atoms with E-state index < -0.39 is 27.9 Å². The molecule has 30 heavy (non-hydrogen) atoms. The molecule has 0 bridgehead atoms. The first-order chi connectivity index (χ1) is 14.1. The summed E-state index contributed by atoms with van der Waals surface area (Å²) in [7, 11) is 0.161. The molecule has 0 aliphatic rings. The summed E-state index contributed by atoms with van der Waals surface area (Å²) in [5.41, 5.74) is 0.487. The monoisotopic (exact) mass is 436 g/mol. The zero-order valence-corrected chi connectivity index (χ0v) is 18.1. The Morgan fingerprint density at radius 2 is 1.70 bits per heavy atom. The van der Waals surface area contributed by atoms with Gasteiger partial charge in [-0.1, -0.05) is 12.1 Å². The minimum absolute atomic E-state index is 0.142. The van der Waals surface area contributed by atoms with Crippen LogP contribution >= 0.6 is 0 Å². The summed E-state index contributed by atoms with van der Waals surface area (Å²) in [6, 6.07) is 9.71. The van der Waals surface area contributed by atoms with Crippen molar-refractivity contribution in [1.29, 1.82) is 0 Å². The lowest BCUT2D eigenvalue weighted by molar-refractivity contribution is -0.116. The van der Waals surface area contributed by atoms with E-state index in [4.69, 9.17) is 14.2 Å². The van der Waals surface area contributed by atoms with Crippen molar-refractivity contribution in [2.24, 2.45) is 0 Å². The number of nitrogens with zero attached hydrogens (tertiary/aromatic N) is 1. The molecule has 2 rings (SSSR count). The number of amides is 1. The van der Waals surface area contributed by atoms with Crippen LogP contribution in [0.15, 0.2) is 42.5 Å². The molecule has 9 nitrogen and oxygen atoms in total. The van der Waals surface area contributed by atoms with E-state index in [2.05, 4.69) is 5.32 Å². The van der Waals surface area contributed by atoms with Crippen molar-refractivity contribution in [3.8, 4) is 11.5 Å². The topological polar surface area (TPSA) is 111 Å². The van der Waals surface area contributed by atoms with Crippen LogP contribution in [-0.2, 0) is 19.6 Å². The molecule has 0 heterocycles. The molecule has 0 radical (unpaired) electrons. The van der Waals surface area contributed by atoms with Gasteiger partial charge in [-0.2, -0.15) is 0 Å². The van der Waals surface area contributed by atoms with Crippen LogP contribution in [-0.4, -0.2) is 53.9 Å². The van der Waals surface area contributed by atoms with Crippen molar-refractivity contribution in [2.45, 2.75) is 13.0 Å². The summed E-state index contributed by atoms with van der Waals surface area (Å²) in [4.78, 5) is 24.9. The zero-order valence-electron chi connectivity index (χ0n) is 17.3. The van der Waals surface area contributed by atoms with Crippen LogP contribution in [0.2, 0.25) is 0 Å². The fraction of sp³-hybridized carbons (Fsp3) is 0.300. The zero-order chi connectivity index (χ0) is 22.5. The molecule has 0 aromatic heterocycles. The van der Waals surface area contributed by atoms with Gasteiger partial charge in [0.15, 0.2) is 0 Å². The summed E-state index contributed by atoms with van der Waals surface area (Å²) in [5.74, 6) is -0.645. The number of anilines is 2. The van der Waals surface area contributed by atoms with Crippen molar-refractivity contribution in [3.05, 3.63) is 48.0 Å². The van der Waals surface area contributed by atoms with E-state index in [9.17, 15) is 18.0 Å². The Bertz CT molecular complexity index is 1040. The van der Waals surface area contributed by atoms with Gasteiger partial charge in [-0.3, -0.25) is 9.10 Å². The lowest BCUT2D eigenvalue weighted by atomic mass is 10.1. The van der Waals surface area contributed by atoms with Gasteiger partial charge in [0.2, 0.25) is 15.9 Å².